The fourth-order valence-corrected chi connectivity index (χ4v) is 2.64. The summed E-state index contributed by atoms with van der Waals surface area (Å²) < 4.78 is 2.32. The number of fused-ring (bicyclic) bond motifs is 1. The summed E-state index contributed by atoms with van der Waals surface area (Å²) in [6.07, 6.45) is 0. The van der Waals surface area contributed by atoms with Gasteiger partial charge in [-0.15, -0.1) is 0 Å². The first-order valence-corrected chi connectivity index (χ1v) is 7.43. The molecule has 21 heavy (non-hydrogen) atoms. The third-order valence-corrected chi connectivity index (χ3v) is 3.65. The SMILES string of the molecule is CC(C)Cn1c(-c2ccc(CN)cc2)nc2ccccc21. The normalized spacial score (nSPS) is 11.4. The summed E-state index contributed by atoms with van der Waals surface area (Å²) in [5.41, 5.74) is 10.2. The molecule has 0 aliphatic rings. The number of aromatic nitrogens is 2. The molecule has 0 amide bonds. The molecule has 0 spiro atoms. The fourth-order valence-electron chi connectivity index (χ4n) is 2.64. The minimum atomic E-state index is 0.572. The van der Waals surface area contributed by atoms with Gasteiger partial charge < -0.3 is 10.3 Å². The molecule has 3 aromatic rings. The number of imidazole rings is 1. The molecule has 3 heteroatoms. The summed E-state index contributed by atoms with van der Waals surface area (Å²) in [7, 11) is 0. The first kappa shape index (κ1) is 13.8. The van der Waals surface area contributed by atoms with Gasteiger partial charge in [0.15, 0.2) is 0 Å². The van der Waals surface area contributed by atoms with Gasteiger partial charge in [-0.2, -0.15) is 0 Å². The second-order valence-corrected chi connectivity index (χ2v) is 5.83. The summed E-state index contributed by atoms with van der Waals surface area (Å²) in [5, 5.41) is 0. The van der Waals surface area contributed by atoms with Crippen molar-refractivity contribution in [1.82, 2.24) is 9.55 Å². The van der Waals surface area contributed by atoms with E-state index in [0.29, 0.717) is 12.5 Å². The second-order valence-electron chi connectivity index (χ2n) is 5.83. The molecule has 0 saturated carbocycles. The van der Waals surface area contributed by atoms with Crippen LogP contribution >= 0.6 is 0 Å². The van der Waals surface area contributed by atoms with E-state index in [9.17, 15) is 0 Å². The molecule has 0 fully saturated rings. The van der Waals surface area contributed by atoms with Gasteiger partial charge in [-0.3, -0.25) is 0 Å². The maximum Gasteiger partial charge on any atom is 0.141 e. The van der Waals surface area contributed by atoms with Gasteiger partial charge in [0.25, 0.3) is 0 Å². The number of hydrogen-bond acceptors (Lipinski definition) is 2. The molecule has 0 radical (unpaired) electrons. The molecule has 1 heterocycles. The second kappa shape index (κ2) is 5.70. The predicted octanol–water partition coefficient (Wildman–Crippen LogP) is 3.82. The van der Waals surface area contributed by atoms with Crippen molar-refractivity contribution in [1.29, 1.82) is 0 Å². The zero-order valence-corrected chi connectivity index (χ0v) is 12.6. The lowest BCUT2D eigenvalue weighted by molar-refractivity contribution is 0.536. The lowest BCUT2D eigenvalue weighted by Gasteiger charge is -2.12. The van der Waals surface area contributed by atoms with Crippen molar-refractivity contribution in [3.63, 3.8) is 0 Å². The standard InChI is InChI=1S/C18H21N3/c1-13(2)12-21-17-6-4-3-5-16(17)20-18(21)15-9-7-14(11-19)8-10-15/h3-10,13H,11-12,19H2,1-2H3. The first-order chi connectivity index (χ1) is 10.2. The number of nitrogens with zero attached hydrogens (tertiary/aromatic N) is 2. The van der Waals surface area contributed by atoms with Crippen LogP contribution in [0.1, 0.15) is 19.4 Å². The van der Waals surface area contributed by atoms with Crippen molar-refractivity contribution < 1.29 is 0 Å². The maximum absolute atomic E-state index is 5.67. The van der Waals surface area contributed by atoms with Crippen LogP contribution in [0.25, 0.3) is 22.4 Å². The molecule has 3 nitrogen and oxygen atoms in total. The van der Waals surface area contributed by atoms with Crippen LogP contribution in [0.2, 0.25) is 0 Å². The predicted molar refractivity (Wildman–Crippen MR) is 87.9 cm³/mol. The van der Waals surface area contributed by atoms with Gasteiger partial charge in [0.05, 0.1) is 11.0 Å². The summed E-state index contributed by atoms with van der Waals surface area (Å²) in [6.45, 7) is 6.00. The zero-order valence-electron chi connectivity index (χ0n) is 12.6. The van der Waals surface area contributed by atoms with Crippen molar-refractivity contribution in [3.8, 4) is 11.4 Å². The monoisotopic (exact) mass is 279 g/mol. The quantitative estimate of drug-likeness (QED) is 0.789. The van der Waals surface area contributed by atoms with Gasteiger partial charge >= 0.3 is 0 Å². The van der Waals surface area contributed by atoms with Crippen molar-refractivity contribution in [2.24, 2.45) is 11.7 Å². The molecule has 0 atom stereocenters. The van der Waals surface area contributed by atoms with E-state index in [4.69, 9.17) is 10.7 Å². The summed E-state index contributed by atoms with van der Waals surface area (Å²) in [6, 6.07) is 16.7. The molecule has 2 N–H and O–H groups in total. The molecule has 0 aliphatic heterocycles. The van der Waals surface area contributed by atoms with Crippen molar-refractivity contribution in [2.45, 2.75) is 26.9 Å². The largest absolute Gasteiger partial charge is 0.326 e. The topological polar surface area (TPSA) is 43.8 Å². The Morgan fingerprint density at radius 3 is 2.43 bits per heavy atom. The van der Waals surface area contributed by atoms with E-state index >= 15 is 0 Å². The van der Waals surface area contributed by atoms with Crippen molar-refractivity contribution in [3.05, 3.63) is 54.1 Å². The first-order valence-electron chi connectivity index (χ1n) is 7.43. The van der Waals surface area contributed by atoms with Crippen molar-refractivity contribution >= 4 is 11.0 Å². The van der Waals surface area contributed by atoms with Crippen molar-refractivity contribution in [2.75, 3.05) is 0 Å². The minimum Gasteiger partial charge on any atom is -0.326 e. The average molecular weight is 279 g/mol. The average Bonchev–Trinajstić information content (AvgIpc) is 2.86. The Morgan fingerprint density at radius 1 is 1.05 bits per heavy atom. The highest BCUT2D eigenvalue weighted by atomic mass is 15.1. The highest BCUT2D eigenvalue weighted by Crippen LogP contribution is 2.26. The van der Waals surface area contributed by atoms with Crippen LogP contribution < -0.4 is 5.73 Å². The Bertz CT molecular complexity index is 739. The molecule has 0 aliphatic carbocycles. The molecule has 1 aromatic heterocycles. The molecule has 0 bridgehead atoms. The molecule has 0 unspecified atom stereocenters. The van der Waals surface area contributed by atoms with E-state index in [2.05, 4.69) is 60.9 Å². The van der Waals surface area contributed by atoms with Crippen LogP contribution in [0, 0.1) is 5.92 Å². The Hall–Kier alpha value is -2.13. The van der Waals surface area contributed by atoms with Gasteiger partial charge in [0.2, 0.25) is 0 Å². The van der Waals surface area contributed by atoms with E-state index in [1.165, 1.54) is 5.52 Å². The molecule has 108 valence electrons. The van der Waals surface area contributed by atoms with E-state index in [1.54, 1.807) is 0 Å². The number of rotatable bonds is 4. The van der Waals surface area contributed by atoms with E-state index in [1.807, 2.05) is 6.07 Å². The van der Waals surface area contributed by atoms with Crippen LogP contribution in [0.4, 0.5) is 0 Å². The smallest absolute Gasteiger partial charge is 0.141 e. The van der Waals surface area contributed by atoms with Gasteiger partial charge in [0.1, 0.15) is 5.82 Å². The third kappa shape index (κ3) is 2.69. The molecular weight excluding hydrogens is 258 g/mol. The number of hydrogen-bond donors (Lipinski definition) is 1. The molecular formula is C18H21N3. The maximum atomic E-state index is 5.67. The minimum absolute atomic E-state index is 0.572. The Labute approximate surface area is 125 Å². The summed E-state index contributed by atoms with van der Waals surface area (Å²) >= 11 is 0. The number of para-hydroxylation sites is 2. The summed E-state index contributed by atoms with van der Waals surface area (Å²) in [4.78, 5) is 4.82. The zero-order chi connectivity index (χ0) is 14.8. The van der Waals surface area contributed by atoms with Gasteiger partial charge in [-0.05, 0) is 23.6 Å². The van der Waals surface area contributed by atoms with E-state index in [0.717, 1.165) is 29.0 Å². The van der Waals surface area contributed by atoms with E-state index in [-0.39, 0.29) is 0 Å². The lowest BCUT2D eigenvalue weighted by atomic mass is 10.1. The van der Waals surface area contributed by atoms with Crippen LogP contribution in [0.3, 0.4) is 0 Å². The van der Waals surface area contributed by atoms with Crippen LogP contribution in [-0.4, -0.2) is 9.55 Å². The summed E-state index contributed by atoms with van der Waals surface area (Å²) in [5.74, 6) is 1.61. The molecule has 2 aromatic carbocycles. The number of nitrogens with two attached hydrogens (primary N) is 1. The highest BCUT2D eigenvalue weighted by Gasteiger charge is 2.13. The van der Waals surface area contributed by atoms with Gasteiger partial charge in [-0.25, -0.2) is 4.98 Å². The van der Waals surface area contributed by atoms with E-state index < -0.39 is 0 Å². The number of benzene rings is 2. The highest BCUT2D eigenvalue weighted by molar-refractivity contribution is 5.80. The fraction of sp³-hybridized carbons (Fsp3) is 0.278. The molecule has 3 rings (SSSR count). The molecule has 0 saturated heterocycles. The van der Waals surface area contributed by atoms with Gasteiger partial charge in [-0.1, -0.05) is 50.2 Å². The van der Waals surface area contributed by atoms with Crippen LogP contribution in [0.5, 0.6) is 0 Å². The van der Waals surface area contributed by atoms with Crippen LogP contribution in [0.15, 0.2) is 48.5 Å². The Morgan fingerprint density at radius 2 is 1.76 bits per heavy atom. The lowest BCUT2D eigenvalue weighted by Crippen LogP contribution is -2.06. The van der Waals surface area contributed by atoms with Gasteiger partial charge in [0, 0.05) is 18.7 Å². The van der Waals surface area contributed by atoms with Crippen LogP contribution in [-0.2, 0) is 13.1 Å². The Kier molecular flexibility index (Phi) is 3.76. The Balaban J connectivity index is 2.15. The third-order valence-electron chi connectivity index (χ3n) is 3.65.